The Bertz CT molecular complexity index is 951. The van der Waals surface area contributed by atoms with Crippen LogP contribution in [0.3, 0.4) is 0 Å². The van der Waals surface area contributed by atoms with Crippen LogP contribution >= 0.6 is 0 Å². The van der Waals surface area contributed by atoms with Crippen LogP contribution in [0.2, 0.25) is 0 Å². The Morgan fingerprint density at radius 3 is 2.34 bits per heavy atom. The number of aryl methyl sites for hydroxylation is 1. The van der Waals surface area contributed by atoms with Crippen LogP contribution in [0.25, 0.3) is 0 Å². The summed E-state index contributed by atoms with van der Waals surface area (Å²) in [6, 6.07) is 15.1. The standard InChI is InChI=1S/C22H29N3O3S/c1-17-15-20(24(2)3)9-10-21(17)23-22(26)19-11-13-25(14-12-19)29(27,28)16-18-7-5-4-6-8-18/h4-10,15,19H,11-14,16H2,1-3H3,(H,23,26). The van der Waals surface area contributed by atoms with Gasteiger partial charge in [-0.1, -0.05) is 30.3 Å². The van der Waals surface area contributed by atoms with Crippen molar-refractivity contribution in [2.24, 2.45) is 5.92 Å². The van der Waals surface area contributed by atoms with Crippen molar-refractivity contribution in [3.8, 4) is 0 Å². The van der Waals surface area contributed by atoms with Crippen LogP contribution in [0.4, 0.5) is 11.4 Å². The summed E-state index contributed by atoms with van der Waals surface area (Å²) in [7, 11) is 0.591. The zero-order chi connectivity index (χ0) is 21.0. The van der Waals surface area contributed by atoms with Crippen LogP contribution < -0.4 is 10.2 Å². The number of sulfonamides is 1. The molecule has 1 amide bonds. The maximum Gasteiger partial charge on any atom is 0.227 e. The number of hydrogen-bond acceptors (Lipinski definition) is 4. The van der Waals surface area contributed by atoms with E-state index in [9.17, 15) is 13.2 Å². The summed E-state index contributed by atoms with van der Waals surface area (Å²) >= 11 is 0. The van der Waals surface area contributed by atoms with Gasteiger partial charge in [0.25, 0.3) is 0 Å². The summed E-state index contributed by atoms with van der Waals surface area (Å²) in [6.07, 6.45) is 1.07. The van der Waals surface area contributed by atoms with Gasteiger partial charge < -0.3 is 10.2 Å². The number of piperidine rings is 1. The summed E-state index contributed by atoms with van der Waals surface area (Å²) in [6.45, 7) is 2.74. The molecule has 29 heavy (non-hydrogen) atoms. The monoisotopic (exact) mass is 415 g/mol. The van der Waals surface area contributed by atoms with Gasteiger partial charge in [0.05, 0.1) is 5.75 Å². The van der Waals surface area contributed by atoms with E-state index in [2.05, 4.69) is 5.32 Å². The topological polar surface area (TPSA) is 69.7 Å². The predicted molar refractivity (Wildman–Crippen MR) is 117 cm³/mol. The average Bonchev–Trinajstić information content (AvgIpc) is 2.70. The van der Waals surface area contributed by atoms with Gasteiger partial charge in [-0.25, -0.2) is 12.7 Å². The fourth-order valence-electron chi connectivity index (χ4n) is 3.57. The average molecular weight is 416 g/mol. The molecule has 1 saturated heterocycles. The number of anilines is 2. The van der Waals surface area contributed by atoms with Crippen molar-refractivity contribution in [3.63, 3.8) is 0 Å². The Balaban J connectivity index is 1.57. The lowest BCUT2D eigenvalue weighted by Crippen LogP contribution is -2.41. The molecule has 2 aromatic carbocycles. The van der Waals surface area contributed by atoms with Gasteiger partial charge in [0, 0.05) is 44.5 Å². The first-order chi connectivity index (χ1) is 13.8. The van der Waals surface area contributed by atoms with E-state index in [1.54, 1.807) is 0 Å². The third-order valence-corrected chi connectivity index (χ3v) is 7.24. The Labute approximate surface area is 173 Å². The van der Waals surface area contributed by atoms with Gasteiger partial charge in [-0.15, -0.1) is 0 Å². The molecule has 1 aliphatic rings. The van der Waals surface area contributed by atoms with Crippen molar-refractivity contribution >= 4 is 27.3 Å². The SMILES string of the molecule is Cc1cc(N(C)C)ccc1NC(=O)C1CCN(S(=O)(=O)Cc2ccccc2)CC1. The third kappa shape index (κ3) is 5.36. The number of nitrogens with zero attached hydrogens (tertiary/aromatic N) is 2. The highest BCUT2D eigenvalue weighted by Gasteiger charge is 2.31. The summed E-state index contributed by atoms with van der Waals surface area (Å²) in [5.74, 6) is -0.209. The van der Waals surface area contributed by atoms with Crippen LogP contribution in [0.5, 0.6) is 0 Å². The number of rotatable bonds is 6. The van der Waals surface area contributed by atoms with Crippen molar-refractivity contribution in [2.75, 3.05) is 37.4 Å². The minimum atomic E-state index is -3.37. The van der Waals surface area contributed by atoms with Crippen molar-refractivity contribution in [1.29, 1.82) is 0 Å². The number of carbonyl (C=O) groups is 1. The second kappa shape index (κ2) is 8.97. The van der Waals surface area contributed by atoms with Crippen molar-refractivity contribution in [3.05, 3.63) is 59.7 Å². The molecule has 6 nitrogen and oxygen atoms in total. The number of amides is 1. The fraction of sp³-hybridized carbons (Fsp3) is 0.409. The van der Waals surface area contributed by atoms with E-state index < -0.39 is 10.0 Å². The smallest absolute Gasteiger partial charge is 0.227 e. The first-order valence-electron chi connectivity index (χ1n) is 9.87. The molecule has 0 bridgehead atoms. The lowest BCUT2D eigenvalue weighted by molar-refractivity contribution is -0.120. The number of nitrogens with one attached hydrogen (secondary N) is 1. The lowest BCUT2D eigenvalue weighted by Gasteiger charge is -2.30. The predicted octanol–water partition coefficient (Wildman–Crippen LogP) is 3.24. The summed E-state index contributed by atoms with van der Waals surface area (Å²) in [4.78, 5) is 14.7. The lowest BCUT2D eigenvalue weighted by atomic mass is 9.97. The molecule has 156 valence electrons. The van der Waals surface area contributed by atoms with Crippen LogP contribution in [0.15, 0.2) is 48.5 Å². The van der Waals surface area contributed by atoms with E-state index in [0.29, 0.717) is 25.9 Å². The van der Waals surface area contributed by atoms with Crippen LogP contribution in [-0.4, -0.2) is 45.8 Å². The molecule has 0 atom stereocenters. The fourth-order valence-corrected chi connectivity index (χ4v) is 5.14. The molecule has 0 unspecified atom stereocenters. The Morgan fingerprint density at radius 2 is 1.76 bits per heavy atom. The molecule has 1 fully saturated rings. The molecule has 0 aliphatic carbocycles. The van der Waals surface area contributed by atoms with Gasteiger partial charge in [0.1, 0.15) is 0 Å². The minimum absolute atomic E-state index is 0.00210. The molecule has 7 heteroatoms. The number of benzene rings is 2. The second-order valence-electron chi connectivity index (χ2n) is 7.80. The zero-order valence-corrected chi connectivity index (χ0v) is 18.1. The van der Waals surface area contributed by atoms with E-state index in [-0.39, 0.29) is 17.6 Å². The molecule has 3 rings (SSSR count). The Morgan fingerprint density at radius 1 is 1.10 bits per heavy atom. The highest BCUT2D eigenvalue weighted by molar-refractivity contribution is 7.88. The molecular weight excluding hydrogens is 386 g/mol. The Hall–Kier alpha value is -2.38. The first kappa shape index (κ1) is 21.3. The van der Waals surface area contributed by atoms with Gasteiger partial charge in [0.15, 0.2) is 0 Å². The molecular formula is C22H29N3O3S. The van der Waals surface area contributed by atoms with Gasteiger partial charge in [-0.2, -0.15) is 0 Å². The zero-order valence-electron chi connectivity index (χ0n) is 17.3. The van der Waals surface area contributed by atoms with E-state index in [4.69, 9.17) is 0 Å². The largest absolute Gasteiger partial charge is 0.378 e. The van der Waals surface area contributed by atoms with E-state index >= 15 is 0 Å². The summed E-state index contributed by atoms with van der Waals surface area (Å²) < 4.78 is 26.9. The van der Waals surface area contributed by atoms with Gasteiger partial charge in [-0.3, -0.25) is 4.79 Å². The second-order valence-corrected chi connectivity index (χ2v) is 9.77. The summed E-state index contributed by atoms with van der Waals surface area (Å²) in [5.41, 5.74) is 3.67. The van der Waals surface area contributed by atoms with Crippen molar-refractivity contribution in [2.45, 2.75) is 25.5 Å². The van der Waals surface area contributed by atoms with Gasteiger partial charge in [-0.05, 0) is 49.1 Å². The Kier molecular flexibility index (Phi) is 6.59. The molecule has 2 aromatic rings. The van der Waals surface area contributed by atoms with Gasteiger partial charge in [0.2, 0.25) is 15.9 Å². The van der Waals surface area contributed by atoms with Crippen LogP contribution in [0.1, 0.15) is 24.0 Å². The quantitative estimate of drug-likeness (QED) is 0.786. The van der Waals surface area contributed by atoms with Crippen LogP contribution in [-0.2, 0) is 20.6 Å². The molecule has 0 radical (unpaired) electrons. The van der Waals surface area contributed by atoms with Gasteiger partial charge >= 0.3 is 0 Å². The van der Waals surface area contributed by atoms with E-state index in [0.717, 1.165) is 22.5 Å². The minimum Gasteiger partial charge on any atom is -0.378 e. The maximum atomic E-state index is 12.7. The molecule has 1 aliphatic heterocycles. The molecule has 0 spiro atoms. The number of hydrogen-bond donors (Lipinski definition) is 1. The number of carbonyl (C=O) groups excluding carboxylic acids is 1. The van der Waals surface area contributed by atoms with Crippen LogP contribution in [0, 0.1) is 12.8 Å². The van der Waals surface area contributed by atoms with E-state index in [1.165, 1.54) is 4.31 Å². The highest BCUT2D eigenvalue weighted by atomic mass is 32.2. The molecule has 1 heterocycles. The molecule has 1 N–H and O–H groups in total. The third-order valence-electron chi connectivity index (χ3n) is 5.39. The molecule has 0 aromatic heterocycles. The highest BCUT2D eigenvalue weighted by Crippen LogP contribution is 2.25. The normalized spacial score (nSPS) is 15.8. The maximum absolute atomic E-state index is 12.7. The summed E-state index contributed by atoms with van der Waals surface area (Å²) in [5, 5.41) is 3.01. The van der Waals surface area contributed by atoms with E-state index in [1.807, 2.05) is 74.4 Å². The first-order valence-corrected chi connectivity index (χ1v) is 11.5. The van der Waals surface area contributed by atoms with Crippen molar-refractivity contribution < 1.29 is 13.2 Å². The molecule has 0 saturated carbocycles. The van der Waals surface area contributed by atoms with Crippen molar-refractivity contribution in [1.82, 2.24) is 4.31 Å².